The molecular formula is C12H24O. The topological polar surface area (TPSA) is 20.2 Å². The fourth-order valence-electron chi connectivity index (χ4n) is 1.30. The van der Waals surface area contributed by atoms with Crippen molar-refractivity contribution < 1.29 is 5.11 Å². The Morgan fingerprint density at radius 3 is 2.46 bits per heavy atom. The summed E-state index contributed by atoms with van der Waals surface area (Å²) < 4.78 is 0. The van der Waals surface area contributed by atoms with Gasteiger partial charge in [-0.2, -0.15) is 0 Å². The first-order valence-electron chi connectivity index (χ1n) is 5.42. The second-order valence-electron chi connectivity index (χ2n) is 4.24. The zero-order valence-electron chi connectivity index (χ0n) is 9.51. The molecule has 0 aromatic carbocycles. The Kier molecular flexibility index (Phi) is 6.97. The molecule has 1 atom stereocenters. The zero-order valence-corrected chi connectivity index (χ0v) is 9.51. The highest BCUT2D eigenvalue weighted by molar-refractivity contribution is 5.04. The number of hydrogen-bond donors (Lipinski definition) is 1. The van der Waals surface area contributed by atoms with Crippen LogP contribution in [0, 0.1) is 5.92 Å². The highest BCUT2D eigenvalue weighted by atomic mass is 16.3. The van der Waals surface area contributed by atoms with E-state index in [0.717, 1.165) is 18.4 Å². The molecule has 0 saturated heterocycles. The third-order valence-corrected chi connectivity index (χ3v) is 2.24. The molecule has 0 aliphatic heterocycles. The minimum atomic E-state index is -0.225. The van der Waals surface area contributed by atoms with Crippen molar-refractivity contribution in [1.29, 1.82) is 0 Å². The first-order valence-corrected chi connectivity index (χ1v) is 5.42. The van der Waals surface area contributed by atoms with Gasteiger partial charge in [0.1, 0.15) is 0 Å². The van der Waals surface area contributed by atoms with Crippen molar-refractivity contribution in [2.45, 2.75) is 59.5 Å². The molecule has 13 heavy (non-hydrogen) atoms. The minimum absolute atomic E-state index is 0.225. The molecule has 1 heteroatoms. The molecule has 0 rings (SSSR count). The van der Waals surface area contributed by atoms with Crippen LogP contribution in [0.1, 0.15) is 53.4 Å². The van der Waals surface area contributed by atoms with Gasteiger partial charge >= 0.3 is 0 Å². The standard InChI is InChI=1S/C12H24O/c1-5-6-7-8-11(4)12(13)9-10(2)3/h8,10,12-13H,5-7,9H2,1-4H3/b11-8-. The number of rotatable bonds is 6. The molecule has 0 aliphatic rings. The van der Waals surface area contributed by atoms with Gasteiger partial charge < -0.3 is 5.11 Å². The molecule has 0 fully saturated rings. The summed E-state index contributed by atoms with van der Waals surface area (Å²) in [6, 6.07) is 0. The van der Waals surface area contributed by atoms with E-state index in [2.05, 4.69) is 26.8 Å². The lowest BCUT2D eigenvalue weighted by Crippen LogP contribution is -2.11. The average Bonchev–Trinajstić information content (AvgIpc) is 2.03. The molecule has 0 amide bonds. The van der Waals surface area contributed by atoms with E-state index >= 15 is 0 Å². The molecular weight excluding hydrogens is 160 g/mol. The van der Waals surface area contributed by atoms with Gasteiger partial charge in [0, 0.05) is 0 Å². The van der Waals surface area contributed by atoms with Crippen LogP contribution in [0.3, 0.4) is 0 Å². The Bertz CT molecular complexity index is 147. The van der Waals surface area contributed by atoms with Crippen molar-refractivity contribution in [2.75, 3.05) is 0 Å². The summed E-state index contributed by atoms with van der Waals surface area (Å²) in [5.41, 5.74) is 1.14. The molecule has 0 aliphatic carbocycles. The van der Waals surface area contributed by atoms with Crippen molar-refractivity contribution in [3.8, 4) is 0 Å². The van der Waals surface area contributed by atoms with Crippen LogP contribution >= 0.6 is 0 Å². The maximum atomic E-state index is 9.72. The number of aliphatic hydroxyl groups is 1. The van der Waals surface area contributed by atoms with E-state index in [0.29, 0.717) is 5.92 Å². The van der Waals surface area contributed by atoms with Gasteiger partial charge in [0.2, 0.25) is 0 Å². The number of aliphatic hydroxyl groups excluding tert-OH is 1. The van der Waals surface area contributed by atoms with Crippen LogP contribution in [0.15, 0.2) is 11.6 Å². The summed E-state index contributed by atoms with van der Waals surface area (Å²) in [5.74, 6) is 0.574. The summed E-state index contributed by atoms with van der Waals surface area (Å²) in [6.45, 7) is 8.50. The van der Waals surface area contributed by atoms with Crippen molar-refractivity contribution in [3.63, 3.8) is 0 Å². The number of hydrogen-bond acceptors (Lipinski definition) is 1. The second kappa shape index (κ2) is 7.14. The third-order valence-electron chi connectivity index (χ3n) is 2.24. The normalized spacial score (nSPS) is 15.1. The van der Waals surface area contributed by atoms with E-state index in [1.807, 2.05) is 6.92 Å². The van der Waals surface area contributed by atoms with E-state index in [9.17, 15) is 5.11 Å². The van der Waals surface area contributed by atoms with Gasteiger partial charge in [-0.05, 0) is 31.3 Å². The Labute approximate surface area is 82.9 Å². The maximum absolute atomic E-state index is 9.72. The van der Waals surface area contributed by atoms with Crippen molar-refractivity contribution in [1.82, 2.24) is 0 Å². The van der Waals surface area contributed by atoms with E-state index in [1.165, 1.54) is 12.8 Å². The van der Waals surface area contributed by atoms with Crippen LogP contribution in [0.2, 0.25) is 0 Å². The van der Waals surface area contributed by atoms with Crippen LogP contribution in [-0.4, -0.2) is 11.2 Å². The molecule has 0 aromatic heterocycles. The van der Waals surface area contributed by atoms with Gasteiger partial charge in [0.05, 0.1) is 6.10 Å². The van der Waals surface area contributed by atoms with E-state index in [-0.39, 0.29) is 6.10 Å². The fraction of sp³-hybridized carbons (Fsp3) is 0.833. The van der Waals surface area contributed by atoms with Crippen LogP contribution in [0.5, 0.6) is 0 Å². The highest BCUT2D eigenvalue weighted by Gasteiger charge is 2.07. The number of allylic oxidation sites excluding steroid dienone is 1. The van der Waals surface area contributed by atoms with Gasteiger partial charge in [-0.3, -0.25) is 0 Å². The van der Waals surface area contributed by atoms with Crippen LogP contribution < -0.4 is 0 Å². The van der Waals surface area contributed by atoms with Crippen molar-refractivity contribution in [2.24, 2.45) is 5.92 Å². The van der Waals surface area contributed by atoms with Gasteiger partial charge in [0.15, 0.2) is 0 Å². The van der Waals surface area contributed by atoms with E-state index < -0.39 is 0 Å². The third kappa shape index (κ3) is 6.83. The van der Waals surface area contributed by atoms with Gasteiger partial charge in [0.25, 0.3) is 0 Å². The average molecular weight is 184 g/mol. The molecule has 1 nitrogen and oxygen atoms in total. The minimum Gasteiger partial charge on any atom is -0.389 e. The summed E-state index contributed by atoms with van der Waals surface area (Å²) in [4.78, 5) is 0. The van der Waals surface area contributed by atoms with E-state index in [4.69, 9.17) is 0 Å². The van der Waals surface area contributed by atoms with Crippen LogP contribution in [-0.2, 0) is 0 Å². The Balaban J connectivity index is 3.79. The predicted molar refractivity (Wildman–Crippen MR) is 58.7 cm³/mol. The van der Waals surface area contributed by atoms with Crippen molar-refractivity contribution >= 4 is 0 Å². The molecule has 0 spiro atoms. The quantitative estimate of drug-likeness (QED) is 0.494. The Morgan fingerprint density at radius 1 is 1.38 bits per heavy atom. The molecule has 1 unspecified atom stereocenters. The second-order valence-corrected chi connectivity index (χ2v) is 4.24. The van der Waals surface area contributed by atoms with E-state index in [1.54, 1.807) is 0 Å². The molecule has 1 N–H and O–H groups in total. The molecule has 0 heterocycles. The zero-order chi connectivity index (χ0) is 10.3. The van der Waals surface area contributed by atoms with Gasteiger partial charge in [-0.1, -0.05) is 39.7 Å². The monoisotopic (exact) mass is 184 g/mol. The fourth-order valence-corrected chi connectivity index (χ4v) is 1.30. The highest BCUT2D eigenvalue weighted by Crippen LogP contribution is 2.13. The molecule has 0 bridgehead atoms. The van der Waals surface area contributed by atoms with Crippen molar-refractivity contribution in [3.05, 3.63) is 11.6 Å². The number of unbranched alkanes of at least 4 members (excludes halogenated alkanes) is 2. The lowest BCUT2D eigenvalue weighted by atomic mass is 9.99. The summed E-state index contributed by atoms with van der Waals surface area (Å²) in [7, 11) is 0. The first-order chi connectivity index (χ1) is 6.07. The lowest BCUT2D eigenvalue weighted by Gasteiger charge is -2.13. The van der Waals surface area contributed by atoms with Gasteiger partial charge in [-0.25, -0.2) is 0 Å². The predicted octanol–water partition coefficient (Wildman–Crippen LogP) is 3.53. The van der Waals surface area contributed by atoms with Gasteiger partial charge in [-0.15, -0.1) is 0 Å². The summed E-state index contributed by atoms with van der Waals surface area (Å²) in [6.07, 6.45) is 6.40. The summed E-state index contributed by atoms with van der Waals surface area (Å²) in [5, 5.41) is 9.72. The largest absolute Gasteiger partial charge is 0.389 e. The smallest absolute Gasteiger partial charge is 0.0749 e. The molecule has 0 radical (unpaired) electrons. The van der Waals surface area contributed by atoms with Crippen LogP contribution in [0.4, 0.5) is 0 Å². The lowest BCUT2D eigenvalue weighted by molar-refractivity contribution is 0.183. The Morgan fingerprint density at radius 2 is 2.00 bits per heavy atom. The molecule has 0 saturated carbocycles. The molecule has 0 aromatic rings. The SMILES string of the molecule is CCCC/C=C(/C)C(O)CC(C)C. The maximum Gasteiger partial charge on any atom is 0.0749 e. The molecule has 78 valence electrons. The summed E-state index contributed by atoms with van der Waals surface area (Å²) >= 11 is 0. The Hall–Kier alpha value is -0.300. The first kappa shape index (κ1) is 12.7. The van der Waals surface area contributed by atoms with Crippen LogP contribution in [0.25, 0.3) is 0 Å².